The molecule has 1 N–H and O–H groups in total. The van der Waals surface area contributed by atoms with Crippen molar-refractivity contribution in [2.24, 2.45) is 0 Å². The Morgan fingerprint density at radius 3 is 2.86 bits per heavy atom. The topological polar surface area (TPSA) is 12.0 Å². The molecule has 1 nitrogen and oxygen atoms in total. The number of rotatable bonds is 6. The maximum Gasteiger partial charge on any atom is 0.0240 e. The molecule has 0 aromatic carbocycles. The summed E-state index contributed by atoms with van der Waals surface area (Å²) in [6.07, 6.45) is 2.14. The van der Waals surface area contributed by atoms with E-state index in [1.807, 2.05) is 0 Å². The highest BCUT2D eigenvalue weighted by Gasteiger charge is 2.19. The van der Waals surface area contributed by atoms with Crippen LogP contribution in [0.4, 0.5) is 0 Å². The van der Waals surface area contributed by atoms with Crippen molar-refractivity contribution in [2.75, 3.05) is 5.88 Å². The fourth-order valence-electron chi connectivity index (χ4n) is 1.31. The van der Waals surface area contributed by atoms with Crippen LogP contribution in [-0.2, 0) is 6.54 Å². The predicted molar refractivity (Wildman–Crippen MR) is 65.2 cm³/mol. The van der Waals surface area contributed by atoms with Crippen molar-refractivity contribution >= 4 is 22.9 Å². The van der Waals surface area contributed by atoms with Gasteiger partial charge in [0.2, 0.25) is 0 Å². The molecule has 3 heteroatoms. The highest BCUT2D eigenvalue weighted by molar-refractivity contribution is 7.07. The standard InChI is InChI=1S/C11H18ClNS/c1-3-11(2,5-6-12)13-8-10-4-7-14-9-10/h4,7,9,13H,3,5-6,8H2,1-2H3. The van der Waals surface area contributed by atoms with E-state index in [1.165, 1.54) is 5.56 Å². The second kappa shape index (κ2) is 5.74. The Kier molecular flexibility index (Phi) is 4.93. The van der Waals surface area contributed by atoms with Gasteiger partial charge < -0.3 is 5.32 Å². The average molecular weight is 232 g/mol. The lowest BCUT2D eigenvalue weighted by atomic mass is 9.95. The molecule has 0 saturated heterocycles. The van der Waals surface area contributed by atoms with Crippen LogP contribution in [0.15, 0.2) is 16.8 Å². The molecule has 0 spiro atoms. The lowest BCUT2D eigenvalue weighted by Gasteiger charge is -2.29. The number of nitrogens with one attached hydrogen (secondary N) is 1. The molecule has 1 rings (SSSR count). The van der Waals surface area contributed by atoms with E-state index >= 15 is 0 Å². The number of thiophene rings is 1. The van der Waals surface area contributed by atoms with Crippen molar-refractivity contribution in [3.63, 3.8) is 0 Å². The maximum absolute atomic E-state index is 5.79. The van der Waals surface area contributed by atoms with Gasteiger partial charge in [-0.1, -0.05) is 6.92 Å². The molecule has 0 radical (unpaired) electrons. The molecule has 1 aromatic heterocycles. The summed E-state index contributed by atoms with van der Waals surface area (Å²) in [7, 11) is 0. The van der Waals surface area contributed by atoms with Crippen molar-refractivity contribution in [1.82, 2.24) is 5.32 Å². The van der Waals surface area contributed by atoms with Gasteiger partial charge in [0.25, 0.3) is 0 Å². The van der Waals surface area contributed by atoms with E-state index in [2.05, 4.69) is 36.0 Å². The second-order valence-corrected chi connectivity index (χ2v) is 5.00. The normalized spacial score (nSPS) is 15.4. The van der Waals surface area contributed by atoms with E-state index in [0.717, 1.165) is 25.3 Å². The van der Waals surface area contributed by atoms with Crippen LogP contribution >= 0.6 is 22.9 Å². The third-order valence-corrected chi connectivity index (χ3v) is 3.65. The van der Waals surface area contributed by atoms with Crippen LogP contribution in [0.5, 0.6) is 0 Å². The smallest absolute Gasteiger partial charge is 0.0240 e. The van der Waals surface area contributed by atoms with Crippen LogP contribution in [0.3, 0.4) is 0 Å². The molecule has 1 atom stereocenters. The molecule has 80 valence electrons. The maximum atomic E-state index is 5.79. The van der Waals surface area contributed by atoms with Gasteiger partial charge in [-0.3, -0.25) is 0 Å². The fourth-order valence-corrected chi connectivity index (χ4v) is 2.39. The third-order valence-electron chi connectivity index (χ3n) is 2.73. The first-order valence-corrected chi connectivity index (χ1v) is 6.50. The first-order valence-electron chi connectivity index (χ1n) is 5.02. The van der Waals surface area contributed by atoms with Crippen molar-refractivity contribution in [2.45, 2.75) is 38.8 Å². The monoisotopic (exact) mass is 231 g/mol. The zero-order valence-corrected chi connectivity index (χ0v) is 10.4. The summed E-state index contributed by atoms with van der Waals surface area (Å²) in [6.45, 7) is 5.39. The number of halogens is 1. The summed E-state index contributed by atoms with van der Waals surface area (Å²) in [4.78, 5) is 0. The van der Waals surface area contributed by atoms with Crippen LogP contribution in [0.25, 0.3) is 0 Å². The molecule has 0 aliphatic rings. The highest BCUT2D eigenvalue weighted by atomic mass is 35.5. The van der Waals surface area contributed by atoms with Crippen LogP contribution in [0, 0.1) is 0 Å². The van der Waals surface area contributed by atoms with Crippen molar-refractivity contribution < 1.29 is 0 Å². The van der Waals surface area contributed by atoms with E-state index in [0.29, 0.717) is 0 Å². The summed E-state index contributed by atoms with van der Waals surface area (Å²) in [6, 6.07) is 2.16. The van der Waals surface area contributed by atoms with Gasteiger partial charge in [-0.05, 0) is 42.2 Å². The van der Waals surface area contributed by atoms with Gasteiger partial charge >= 0.3 is 0 Å². The minimum atomic E-state index is 0.184. The minimum Gasteiger partial charge on any atom is -0.307 e. The Bertz CT molecular complexity index is 248. The van der Waals surface area contributed by atoms with Crippen molar-refractivity contribution in [3.8, 4) is 0 Å². The Balaban J connectivity index is 2.41. The zero-order chi connectivity index (χ0) is 10.4. The molecule has 0 aliphatic heterocycles. The van der Waals surface area contributed by atoms with E-state index < -0.39 is 0 Å². The molecule has 1 heterocycles. The SMILES string of the molecule is CCC(C)(CCCl)NCc1ccsc1. The average Bonchev–Trinajstić information content (AvgIpc) is 2.68. The first-order chi connectivity index (χ1) is 6.70. The van der Waals surface area contributed by atoms with E-state index in [-0.39, 0.29) is 5.54 Å². The van der Waals surface area contributed by atoms with E-state index in [9.17, 15) is 0 Å². The lowest BCUT2D eigenvalue weighted by molar-refractivity contribution is 0.331. The lowest BCUT2D eigenvalue weighted by Crippen LogP contribution is -2.41. The molecule has 1 aromatic rings. The van der Waals surface area contributed by atoms with Gasteiger partial charge in [-0.15, -0.1) is 11.6 Å². The predicted octanol–water partition coefficient (Wildman–Crippen LogP) is 3.64. The molecule has 0 amide bonds. The number of alkyl halides is 1. The van der Waals surface area contributed by atoms with Crippen LogP contribution in [-0.4, -0.2) is 11.4 Å². The summed E-state index contributed by atoms with van der Waals surface area (Å²) in [5.41, 5.74) is 1.55. The summed E-state index contributed by atoms with van der Waals surface area (Å²) >= 11 is 7.53. The summed E-state index contributed by atoms with van der Waals surface area (Å²) < 4.78 is 0. The largest absolute Gasteiger partial charge is 0.307 e. The summed E-state index contributed by atoms with van der Waals surface area (Å²) in [5.74, 6) is 0.723. The molecular formula is C11H18ClNS. The Morgan fingerprint density at radius 1 is 1.57 bits per heavy atom. The number of hydrogen-bond acceptors (Lipinski definition) is 2. The quantitative estimate of drug-likeness (QED) is 0.738. The molecule has 14 heavy (non-hydrogen) atoms. The molecule has 0 saturated carbocycles. The minimum absolute atomic E-state index is 0.184. The molecule has 0 aliphatic carbocycles. The van der Waals surface area contributed by atoms with Crippen molar-refractivity contribution in [3.05, 3.63) is 22.4 Å². The second-order valence-electron chi connectivity index (χ2n) is 3.84. The van der Waals surface area contributed by atoms with Crippen LogP contribution in [0.2, 0.25) is 0 Å². The van der Waals surface area contributed by atoms with Crippen LogP contribution < -0.4 is 5.32 Å². The van der Waals surface area contributed by atoms with E-state index in [1.54, 1.807) is 11.3 Å². The fraction of sp³-hybridized carbons (Fsp3) is 0.636. The van der Waals surface area contributed by atoms with Gasteiger partial charge in [-0.25, -0.2) is 0 Å². The molecule has 0 bridgehead atoms. The van der Waals surface area contributed by atoms with Gasteiger partial charge in [0, 0.05) is 18.0 Å². The van der Waals surface area contributed by atoms with Gasteiger partial charge in [0.05, 0.1) is 0 Å². The molecule has 1 unspecified atom stereocenters. The molecule has 0 fully saturated rings. The summed E-state index contributed by atoms with van der Waals surface area (Å²) in [5, 5.41) is 7.87. The van der Waals surface area contributed by atoms with Gasteiger partial charge in [0.1, 0.15) is 0 Å². The van der Waals surface area contributed by atoms with E-state index in [4.69, 9.17) is 11.6 Å². The zero-order valence-electron chi connectivity index (χ0n) is 8.85. The highest BCUT2D eigenvalue weighted by Crippen LogP contribution is 2.16. The first kappa shape index (κ1) is 12.0. The van der Waals surface area contributed by atoms with Gasteiger partial charge in [0.15, 0.2) is 0 Å². The van der Waals surface area contributed by atoms with Gasteiger partial charge in [-0.2, -0.15) is 11.3 Å². The third kappa shape index (κ3) is 3.60. The Hall–Kier alpha value is -0.0500. The molecular weight excluding hydrogens is 214 g/mol. The Labute approximate surface area is 95.5 Å². The number of hydrogen-bond donors (Lipinski definition) is 1. The van der Waals surface area contributed by atoms with Crippen LogP contribution in [0.1, 0.15) is 32.3 Å². The van der Waals surface area contributed by atoms with Crippen molar-refractivity contribution in [1.29, 1.82) is 0 Å². The Morgan fingerprint density at radius 2 is 2.36 bits per heavy atom.